The van der Waals surface area contributed by atoms with Crippen LogP contribution >= 0.6 is 15.9 Å². The van der Waals surface area contributed by atoms with Crippen LogP contribution < -0.4 is 5.32 Å². The predicted octanol–water partition coefficient (Wildman–Crippen LogP) is 3.27. The number of imidazole rings is 1. The van der Waals surface area contributed by atoms with Gasteiger partial charge in [0.1, 0.15) is 5.65 Å². The summed E-state index contributed by atoms with van der Waals surface area (Å²) >= 11 is 3.43. The number of aromatic nitrogens is 2. The van der Waals surface area contributed by atoms with Gasteiger partial charge in [-0.05, 0) is 33.6 Å². The van der Waals surface area contributed by atoms with E-state index in [4.69, 9.17) is 0 Å². The average molecular weight is 386 g/mol. The van der Waals surface area contributed by atoms with Crippen LogP contribution in [0, 0.1) is 0 Å². The Morgan fingerprint density at radius 3 is 2.92 bits per heavy atom. The van der Waals surface area contributed by atoms with E-state index < -0.39 is 0 Å². The highest BCUT2D eigenvalue weighted by Gasteiger charge is 2.07. The maximum Gasteiger partial charge on any atom is 0.337 e. The van der Waals surface area contributed by atoms with E-state index in [2.05, 4.69) is 31.3 Å². The van der Waals surface area contributed by atoms with Crippen molar-refractivity contribution in [2.45, 2.75) is 6.54 Å². The number of benzene rings is 1. The number of hydrogen-bond donors (Lipinski definition) is 1. The number of halogens is 1. The number of nitrogens with zero attached hydrogens (tertiary/aromatic N) is 4. The molecule has 1 N–H and O–H groups in total. The number of amides is 2. The van der Waals surface area contributed by atoms with Crippen LogP contribution in [0.2, 0.25) is 0 Å². The van der Waals surface area contributed by atoms with E-state index in [1.165, 1.54) is 5.01 Å². The number of nitrogens with one attached hydrogen (secondary N) is 1. The second kappa shape index (κ2) is 7.27. The molecule has 2 heterocycles. The van der Waals surface area contributed by atoms with Gasteiger partial charge in [-0.3, -0.25) is 4.40 Å². The molecule has 0 fully saturated rings. The number of urea groups is 1. The van der Waals surface area contributed by atoms with Gasteiger partial charge in [0.05, 0.1) is 18.1 Å². The summed E-state index contributed by atoms with van der Waals surface area (Å²) in [4.78, 5) is 16.4. The van der Waals surface area contributed by atoms with Crippen LogP contribution in [0.3, 0.4) is 0 Å². The Labute approximate surface area is 147 Å². The summed E-state index contributed by atoms with van der Waals surface area (Å²) < 4.78 is 2.83. The third kappa shape index (κ3) is 3.80. The zero-order valence-corrected chi connectivity index (χ0v) is 14.6. The number of carbonyl (C=O) groups excluding carboxylic acids is 1. The van der Waals surface area contributed by atoms with Crippen molar-refractivity contribution in [3.8, 4) is 0 Å². The number of hydrogen-bond acceptors (Lipinski definition) is 3. The lowest BCUT2D eigenvalue weighted by atomic mass is 10.2. The molecule has 0 radical (unpaired) electrons. The van der Waals surface area contributed by atoms with Crippen molar-refractivity contribution in [3.63, 3.8) is 0 Å². The first-order valence-corrected chi connectivity index (χ1v) is 8.15. The van der Waals surface area contributed by atoms with Crippen LogP contribution in [0.25, 0.3) is 5.65 Å². The van der Waals surface area contributed by atoms with Gasteiger partial charge in [-0.2, -0.15) is 5.10 Å². The maximum atomic E-state index is 12.1. The molecule has 3 aromatic rings. The molecule has 122 valence electrons. The largest absolute Gasteiger partial charge is 0.337 e. The fraction of sp³-hybridized carbons (Fsp3) is 0.118. The van der Waals surface area contributed by atoms with E-state index in [0.717, 1.165) is 21.4 Å². The molecule has 24 heavy (non-hydrogen) atoms. The van der Waals surface area contributed by atoms with Crippen molar-refractivity contribution in [2.75, 3.05) is 7.05 Å². The number of hydrazone groups is 1. The highest BCUT2D eigenvalue weighted by Crippen LogP contribution is 2.12. The van der Waals surface area contributed by atoms with Crippen LogP contribution in [0.1, 0.15) is 11.3 Å². The van der Waals surface area contributed by atoms with Crippen LogP contribution in [0.4, 0.5) is 4.79 Å². The monoisotopic (exact) mass is 385 g/mol. The lowest BCUT2D eigenvalue weighted by Crippen LogP contribution is -2.33. The Balaban J connectivity index is 1.64. The van der Waals surface area contributed by atoms with Crippen LogP contribution in [0.5, 0.6) is 0 Å². The Morgan fingerprint density at radius 2 is 2.12 bits per heavy atom. The van der Waals surface area contributed by atoms with E-state index in [9.17, 15) is 4.79 Å². The van der Waals surface area contributed by atoms with Crippen molar-refractivity contribution in [3.05, 3.63) is 70.6 Å². The highest BCUT2D eigenvalue weighted by atomic mass is 79.9. The smallest absolute Gasteiger partial charge is 0.332 e. The molecule has 0 aliphatic heterocycles. The van der Waals surface area contributed by atoms with Gasteiger partial charge in [0.25, 0.3) is 0 Å². The molecule has 0 saturated carbocycles. The average Bonchev–Trinajstić information content (AvgIpc) is 3.00. The highest BCUT2D eigenvalue weighted by molar-refractivity contribution is 9.10. The minimum absolute atomic E-state index is 0.273. The van der Waals surface area contributed by atoms with Crippen molar-refractivity contribution >= 4 is 33.8 Å². The summed E-state index contributed by atoms with van der Waals surface area (Å²) in [6, 6.07) is 13.3. The first kappa shape index (κ1) is 16.2. The van der Waals surface area contributed by atoms with Gasteiger partial charge < -0.3 is 5.32 Å². The second-order valence-corrected chi connectivity index (χ2v) is 6.09. The fourth-order valence-electron chi connectivity index (χ4n) is 2.16. The zero-order valence-electron chi connectivity index (χ0n) is 13.1. The van der Waals surface area contributed by atoms with Gasteiger partial charge in [0.2, 0.25) is 0 Å². The molecule has 0 saturated heterocycles. The molecule has 0 unspecified atom stereocenters. The van der Waals surface area contributed by atoms with Crippen LogP contribution in [-0.2, 0) is 6.54 Å². The standard InChI is InChI=1S/C17H16BrN5O/c1-22(17(24)20-9-13-5-3-2-4-6-13)21-11-15-10-19-16-8-7-14(18)12-23(15)16/h2-8,10-12H,9H2,1H3,(H,20,24). The summed E-state index contributed by atoms with van der Waals surface area (Å²) in [6.07, 6.45) is 5.22. The molecule has 3 rings (SSSR count). The van der Waals surface area contributed by atoms with E-state index >= 15 is 0 Å². The molecular formula is C17H16BrN5O. The molecule has 1 aromatic carbocycles. The summed E-state index contributed by atoms with van der Waals surface area (Å²) in [6.45, 7) is 0.460. The lowest BCUT2D eigenvalue weighted by molar-refractivity contribution is 0.210. The van der Waals surface area contributed by atoms with Crippen molar-refractivity contribution in [1.82, 2.24) is 19.7 Å². The molecule has 0 aliphatic carbocycles. The summed E-state index contributed by atoms with van der Waals surface area (Å²) in [7, 11) is 1.61. The molecule has 2 amide bonds. The molecule has 6 nitrogen and oxygen atoms in total. The molecular weight excluding hydrogens is 370 g/mol. The van der Waals surface area contributed by atoms with E-state index in [0.29, 0.717) is 6.54 Å². The summed E-state index contributed by atoms with van der Waals surface area (Å²) in [5.41, 5.74) is 2.64. The second-order valence-electron chi connectivity index (χ2n) is 5.17. The Hall–Kier alpha value is -2.67. The van der Waals surface area contributed by atoms with E-state index in [1.54, 1.807) is 19.5 Å². The Morgan fingerprint density at radius 1 is 1.33 bits per heavy atom. The molecule has 0 bridgehead atoms. The molecule has 7 heteroatoms. The van der Waals surface area contributed by atoms with E-state index in [-0.39, 0.29) is 6.03 Å². The molecule has 0 atom stereocenters. The predicted molar refractivity (Wildman–Crippen MR) is 96.9 cm³/mol. The molecule has 2 aromatic heterocycles. The van der Waals surface area contributed by atoms with Crippen molar-refractivity contribution < 1.29 is 4.79 Å². The third-order valence-corrected chi connectivity index (χ3v) is 3.91. The van der Waals surface area contributed by atoms with Gasteiger partial charge in [0, 0.05) is 24.3 Å². The Kier molecular flexibility index (Phi) is 4.90. The number of rotatable bonds is 4. The maximum absolute atomic E-state index is 12.1. The summed E-state index contributed by atoms with van der Waals surface area (Å²) in [5, 5.41) is 8.26. The quantitative estimate of drug-likeness (QED) is 0.553. The zero-order chi connectivity index (χ0) is 16.9. The van der Waals surface area contributed by atoms with Gasteiger partial charge in [-0.25, -0.2) is 14.8 Å². The number of carbonyl (C=O) groups is 1. The van der Waals surface area contributed by atoms with Crippen LogP contribution in [0.15, 0.2) is 64.4 Å². The van der Waals surface area contributed by atoms with Crippen LogP contribution in [-0.4, -0.2) is 33.7 Å². The van der Waals surface area contributed by atoms with Crippen molar-refractivity contribution in [1.29, 1.82) is 0 Å². The SMILES string of the molecule is CN(N=Cc1cnc2ccc(Br)cn12)C(=O)NCc1ccccc1. The fourth-order valence-corrected chi connectivity index (χ4v) is 2.49. The lowest BCUT2D eigenvalue weighted by Gasteiger charge is -2.12. The number of fused-ring (bicyclic) bond motifs is 1. The van der Waals surface area contributed by atoms with Gasteiger partial charge in [0.15, 0.2) is 0 Å². The third-order valence-electron chi connectivity index (χ3n) is 3.44. The first-order chi connectivity index (χ1) is 11.6. The molecule has 0 spiro atoms. The van der Waals surface area contributed by atoms with E-state index in [1.807, 2.05) is 53.1 Å². The first-order valence-electron chi connectivity index (χ1n) is 7.35. The number of pyridine rings is 1. The summed E-state index contributed by atoms with van der Waals surface area (Å²) in [5.74, 6) is 0. The minimum Gasteiger partial charge on any atom is -0.332 e. The van der Waals surface area contributed by atoms with Crippen molar-refractivity contribution in [2.24, 2.45) is 5.10 Å². The van der Waals surface area contributed by atoms with Gasteiger partial charge in [-0.1, -0.05) is 30.3 Å². The molecule has 0 aliphatic rings. The van der Waals surface area contributed by atoms with Gasteiger partial charge >= 0.3 is 6.03 Å². The Bertz CT molecular complexity index is 875. The minimum atomic E-state index is -0.273. The topological polar surface area (TPSA) is 62.0 Å². The normalized spacial score (nSPS) is 11.1. The van der Waals surface area contributed by atoms with Gasteiger partial charge in [-0.15, -0.1) is 0 Å².